The van der Waals surface area contributed by atoms with E-state index in [4.69, 9.17) is 9.47 Å². The van der Waals surface area contributed by atoms with Gasteiger partial charge in [-0.15, -0.1) is 0 Å². The second kappa shape index (κ2) is 11.2. The Morgan fingerprint density at radius 1 is 1.10 bits per heavy atom. The number of guanidine groups is 1. The van der Waals surface area contributed by atoms with Gasteiger partial charge in [0, 0.05) is 52.9 Å². The van der Waals surface area contributed by atoms with E-state index in [1.807, 2.05) is 44.0 Å². The van der Waals surface area contributed by atoms with E-state index in [0.29, 0.717) is 13.2 Å². The van der Waals surface area contributed by atoms with Crippen LogP contribution in [0.15, 0.2) is 23.2 Å². The highest BCUT2D eigenvalue weighted by molar-refractivity contribution is 5.82. The number of carbonyl (C=O) groups is 1. The molecule has 1 unspecified atom stereocenters. The van der Waals surface area contributed by atoms with Crippen molar-refractivity contribution in [1.29, 1.82) is 0 Å². The molecule has 2 aliphatic heterocycles. The van der Waals surface area contributed by atoms with E-state index in [0.717, 1.165) is 75.1 Å². The summed E-state index contributed by atoms with van der Waals surface area (Å²) in [5.74, 6) is 2.65. The Hall–Kier alpha value is -2.48. The van der Waals surface area contributed by atoms with Gasteiger partial charge in [-0.05, 0) is 44.4 Å². The second-order valence-corrected chi connectivity index (χ2v) is 8.05. The number of benzene rings is 1. The fourth-order valence-corrected chi connectivity index (χ4v) is 4.29. The molecule has 0 aromatic heterocycles. The van der Waals surface area contributed by atoms with Crippen LogP contribution in [0, 0.1) is 0 Å². The van der Waals surface area contributed by atoms with Gasteiger partial charge < -0.3 is 24.6 Å². The average Bonchev–Trinajstić information content (AvgIpc) is 3.35. The molecule has 0 bridgehead atoms. The highest BCUT2D eigenvalue weighted by Crippen LogP contribution is 2.28. The van der Waals surface area contributed by atoms with Gasteiger partial charge in [0.15, 0.2) is 17.5 Å². The molecule has 8 nitrogen and oxygen atoms in total. The first kappa shape index (κ1) is 23.2. The van der Waals surface area contributed by atoms with Crippen molar-refractivity contribution in [1.82, 2.24) is 20.0 Å². The molecular formula is C23H37N5O3. The van der Waals surface area contributed by atoms with Gasteiger partial charge in [0.05, 0.1) is 19.8 Å². The smallest absolute Gasteiger partial charge is 0.239 e. The molecule has 1 aromatic rings. The van der Waals surface area contributed by atoms with E-state index >= 15 is 0 Å². The Labute approximate surface area is 186 Å². The Morgan fingerprint density at radius 3 is 2.42 bits per heavy atom. The lowest BCUT2D eigenvalue weighted by molar-refractivity contribution is -0.135. The Morgan fingerprint density at radius 2 is 1.81 bits per heavy atom. The lowest BCUT2D eigenvalue weighted by Crippen LogP contribution is -2.57. The van der Waals surface area contributed by atoms with Crippen molar-refractivity contribution in [2.45, 2.75) is 39.3 Å². The summed E-state index contributed by atoms with van der Waals surface area (Å²) in [5.41, 5.74) is 1.10. The van der Waals surface area contributed by atoms with Crippen LogP contribution in [-0.4, -0.2) is 92.6 Å². The van der Waals surface area contributed by atoms with Crippen molar-refractivity contribution in [3.05, 3.63) is 23.8 Å². The molecule has 8 heteroatoms. The first-order valence-corrected chi connectivity index (χ1v) is 11.4. The Balaban J connectivity index is 1.50. The van der Waals surface area contributed by atoms with E-state index in [1.165, 1.54) is 0 Å². The molecule has 2 fully saturated rings. The van der Waals surface area contributed by atoms with Gasteiger partial charge in [0.1, 0.15) is 0 Å². The lowest BCUT2D eigenvalue weighted by atomic mass is 10.2. The number of hydrogen-bond donors (Lipinski definition) is 1. The first-order valence-electron chi connectivity index (χ1n) is 11.4. The molecule has 2 aliphatic rings. The number of aliphatic imine (C=N–C) groups is 1. The third-order valence-corrected chi connectivity index (χ3v) is 6.13. The molecule has 1 N–H and O–H groups in total. The highest BCUT2D eigenvalue weighted by atomic mass is 16.5. The molecule has 0 spiro atoms. The molecule has 1 aromatic carbocycles. The molecule has 0 aliphatic carbocycles. The monoisotopic (exact) mass is 431 g/mol. The number of carbonyl (C=O) groups excluding carboxylic acids is 1. The number of piperazine rings is 1. The van der Waals surface area contributed by atoms with Gasteiger partial charge in [-0.2, -0.15) is 0 Å². The van der Waals surface area contributed by atoms with Gasteiger partial charge in [-0.25, -0.2) is 0 Å². The van der Waals surface area contributed by atoms with Gasteiger partial charge in [-0.1, -0.05) is 6.07 Å². The number of hydrogen-bond acceptors (Lipinski definition) is 5. The van der Waals surface area contributed by atoms with Crippen LogP contribution in [0.3, 0.4) is 0 Å². The van der Waals surface area contributed by atoms with Crippen LogP contribution in [0.25, 0.3) is 0 Å². The van der Waals surface area contributed by atoms with E-state index in [-0.39, 0.29) is 11.9 Å². The van der Waals surface area contributed by atoms with E-state index in [2.05, 4.69) is 20.1 Å². The zero-order valence-corrected chi connectivity index (χ0v) is 19.4. The standard InChI is InChI=1S/C23H37N5O3/c1-5-31-20-9-8-19(16-21(20)30-4)17-25-23(24-3)28-14-12-26(13-15-28)18(2)22(29)27-10-6-7-11-27/h8-9,16,18H,5-7,10-15,17H2,1-4H3,(H,24,25). The largest absolute Gasteiger partial charge is 0.493 e. The molecule has 172 valence electrons. The van der Waals surface area contributed by atoms with Crippen molar-refractivity contribution in [2.24, 2.45) is 4.99 Å². The summed E-state index contributed by atoms with van der Waals surface area (Å²) in [5, 5.41) is 3.46. The Bertz CT molecular complexity index is 756. The predicted molar refractivity (Wildman–Crippen MR) is 123 cm³/mol. The molecule has 2 heterocycles. The van der Waals surface area contributed by atoms with Crippen molar-refractivity contribution >= 4 is 11.9 Å². The van der Waals surface area contributed by atoms with E-state index in [9.17, 15) is 4.79 Å². The van der Waals surface area contributed by atoms with E-state index in [1.54, 1.807) is 7.11 Å². The van der Waals surface area contributed by atoms with Crippen molar-refractivity contribution in [3.8, 4) is 11.5 Å². The van der Waals surface area contributed by atoms with Crippen molar-refractivity contribution in [2.75, 3.05) is 60.0 Å². The maximum absolute atomic E-state index is 12.7. The van der Waals surface area contributed by atoms with Crippen molar-refractivity contribution < 1.29 is 14.3 Å². The molecule has 3 rings (SSSR count). The van der Waals surface area contributed by atoms with Crippen LogP contribution in [0.2, 0.25) is 0 Å². The molecule has 1 atom stereocenters. The number of likely N-dealkylation sites (tertiary alicyclic amines) is 1. The summed E-state index contributed by atoms with van der Waals surface area (Å²) >= 11 is 0. The minimum atomic E-state index is -0.0495. The summed E-state index contributed by atoms with van der Waals surface area (Å²) in [4.78, 5) is 23.7. The Kier molecular flexibility index (Phi) is 8.40. The third-order valence-electron chi connectivity index (χ3n) is 6.13. The van der Waals surface area contributed by atoms with Gasteiger partial charge in [-0.3, -0.25) is 14.7 Å². The second-order valence-electron chi connectivity index (χ2n) is 8.05. The van der Waals surface area contributed by atoms with Crippen LogP contribution in [0.4, 0.5) is 0 Å². The third kappa shape index (κ3) is 5.81. The fraction of sp³-hybridized carbons (Fsp3) is 0.652. The van der Waals surface area contributed by atoms with Crippen LogP contribution < -0.4 is 14.8 Å². The molecule has 2 saturated heterocycles. The number of nitrogens with one attached hydrogen (secondary N) is 1. The van der Waals surface area contributed by atoms with Gasteiger partial charge in [0.25, 0.3) is 0 Å². The zero-order chi connectivity index (χ0) is 22.2. The topological polar surface area (TPSA) is 69.6 Å². The summed E-state index contributed by atoms with van der Waals surface area (Å²) in [7, 11) is 3.47. The minimum Gasteiger partial charge on any atom is -0.493 e. The van der Waals surface area contributed by atoms with Gasteiger partial charge >= 0.3 is 0 Å². The number of rotatable bonds is 7. The lowest BCUT2D eigenvalue weighted by Gasteiger charge is -2.39. The molecule has 1 amide bonds. The number of methoxy groups -OCH3 is 1. The van der Waals surface area contributed by atoms with Crippen LogP contribution >= 0.6 is 0 Å². The maximum Gasteiger partial charge on any atom is 0.239 e. The minimum absolute atomic E-state index is 0.0495. The summed E-state index contributed by atoms with van der Waals surface area (Å²) in [6, 6.07) is 5.93. The van der Waals surface area contributed by atoms with Crippen LogP contribution in [0.1, 0.15) is 32.3 Å². The highest BCUT2D eigenvalue weighted by Gasteiger charge is 2.30. The molecule has 0 saturated carbocycles. The summed E-state index contributed by atoms with van der Waals surface area (Å²) in [6.45, 7) is 10.5. The summed E-state index contributed by atoms with van der Waals surface area (Å²) < 4.78 is 11.0. The molecule has 0 radical (unpaired) electrons. The summed E-state index contributed by atoms with van der Waals surface area (Å²) in [6.07, 6.45) is 2.27. The number of amides is 1. The van der Waals surface area contributed by atoms with E-state index < -0.39 is 0 Å². The first-order chi connectivity index (χ1) is 15.1. The number of ether oxygens (including phenoxy) is 2. The zero-order valence-electron chi connectivity index (χ0n) is 19.4. The normalized spacial score (nSPS) is 18.8. The van der Waals surface area contributed by atoms with Crippen LogP contribution in [-0.2, 0) is 11.3 Å². The predicted octanol–water partition coefficient (Wildman–Crippen LogP) is 1.80. The maximum atomic E-state index is 12.7. The molecular weight excluding hydrogens is 394 g/mol. The quantitative estimate of drug-likeness (QED) is 0.524. The SMILES string of the molecule is CCOc1ccc(CNC(=NC)N2CCN(C(C)C(=O)N3CCCC3)CC2)cc1OC. The van der Waals surface area contributed by atoms with Crippen LogP contribution in [0.5, 0.6) is 11.5 Å². The van der Waals surface area contributed by atoms with Gasteiger partial charge in [0.2, 0.25) is 5.91 Å². The average molecular weight is 432 g/mol. The van der Waals surface area contributed by atoms with Crippen molar-refractivity contribution in [3.63, 3.8) is 0 Å². The fourth-order valence-electron chi connectivity index (χ4n) is 4.29. The number of nitrogens with zero attached hydrogens (tertiary/aromatic N) is 4. The molecule has 31 heavy (non-hydrogen) atoms.